The third-order valence-electron chi connectivity index (χ3n) is 19.5. The molecule has 5 saturated carbocycles. The smallest absolute Gasteiger partial charge is 0.289 e. The first-order valence-electron chi connectivity index (χ1n) is 29.1. The van der Waals surface area contributed by atoms with Gasteiger partial charge in [0.05, 0.1) is 17.6 Å². The van der Waals surface area contributed by atoms with Gasteiger partial charge < -0.3 is 46.3 Å². The second-order valence-corrected chi connectivity index (χ2v) is 24.9. The first kappa shape index (κ1) is 52.0. The number of aryl methyl sites for hydroxylation is 1. The van der Waals surface area contributed by atoms with Crippen molar-refractivity contribution in [3.63, 3.8) is 0 Å². The van der Waals surface area contributed by atoms with Crippen molar-refractivity contribution in [1.82, 2.24) is 56.0 Å². The summed E-state index contributed by atoms with van der Waals surface area (Å²) in [6.07, 6.45) is 9.24. The number of hydrogen-bond donors (Lipinski definition) is 6. The summed E-state index contributed by atoms with van der Waals surface area (Å²) in [6, 6.07) is 12.2. The van der Waals surface area contributed by atoms with Crippen LogP contribution in [0.5, 0.6) is 0 Å². The van der Waals surface area contributed by atoms with Crippen LogP contribution >= 0.6 is 0 Å². The lowest BCUT2D eigenvalue weighted by molar-refractivity contribution is -0.141. The highest BCUT2D eigenvalue weighted by Gasteiger charge is 2.66. The first-order chi connectivity index (χ1) is 38.6. The van der Waals surface area contributed by atoms with Crippen LogP contribution in [-0.4, -0.2) is 145 Å². The summed E-state index contributed by atoms with van der Waals surface area (Å²) in [6.45, 7) is 1.42. The minimum Gasteiger partial charge on any atom is -0.356 e. The van der Waals surface area contributed by atoms with Gasteiger partial charge in [-0.3, -0.25) is 52.6 Å². The molecule has 21 nitrogen and oxygen atoms in total. The number of aromatic nitrogens is 3. The van der Waals surface area contributed by atoms with E-state index in [-0.39, 0.29) is 90.2 Å². The number of hydrogen-bond acceptors (Lipinski definition) is 11. The standard InChI is InChI=1S/C59H69N11O10/c1-67-47(36-7-3-4-8-39(36)66-67)57(80)69-23-19-59(30-46(69)53(76)65-41(25-33-15-21-61-51(33)74)49(72)55(78)63-35-12-13-35)28-38(59)37-27-43(37)70-42-9-5-2-6-31(42)26-44(70)56(79)68-22-18-58(16-17-58)29-45(68)52(75)64-40(24-32-14-20-60-50(32)73)48(71)54(77)62-34-10-11-34/h2-9,26,32-35,37-38,40-41,43,45-46H,10-25,27-30H2,1H3,(H,60,73)(H,61,74)(H,62,77)(H,63,78)(H,64,75)(H,65,76). The molecule has 2 aromatic heterocycles. The fourth-order valence-electron chi connectivity index (χ4n) is 14.2. The number of Topliss-reactive ketones (excluding diaryl/α,β-unsaturated/α-hetero) is 2. The van der Waals surface area contributed by atoms with E-state index in [0.717, 1.165) is 68.7 Å². The third kappa shape index (κ3) is 9.81. The molecular weight excluding hydrogens is 1020 g/mol. The molecule has 4 aliphatic heterocycles. The van der Waals surface area contributed by atoms with E-state index in [2.05, 4.69) is 41.6 Å². The highest BCUT2D eigenvalue weighted by molar-refractivity contribution is 6.39. The SMILES string of the molecule is Cn1nc2ccccc2c1C(=O)N1CCC2(CC1C(=O)NC(CC1CCNC1=O)C(=O)C(=O)NC1CC1)CC2C1CC1n1c(C(=O)N2CCC3(CC3)CC2C(=O)NC(CC2CCNC2=O)C(=O)C(=O)NC2CC2)cc2ccccc21. The fourth-order valence-corrected chi connectivity index (χ4v) is 14.2. The second-order valence-electron chi connectivity index (χ2n) is 24.9. The van der Waals surface area contributed by atoms with Crippen LogP contribution in [0.2, 0.25) is 0 Å². The maximum Gasteiger partial charge on any atom is 0.289 e. The van der Waals surface area contributed by atoms with Gasteiger partial charge in [0.1, 0.15) is 23.5 Å². The molecular formula is C59H69N11O10. The monoisotopic (exact) mass is 1090 g/mol. The van der Waals surface area contributed by atoms with E-state index in [1.165, 1.54) is 4.68 Å². The van der Waals surface area contributed by atoms with E-state index in [1.54, 1.807) is 16.8 Å². The first-order valence-corrected chi connectivity index (χ1v) is 29.1. The average molecular weight is 1090 g/mol. The van der Waals surface area contributed by atoms with Crippen molar-refractivity contribution >= 4 is 80.6 Å². The van der Waals surface area contributed by atoms with Crippen molar-refractivity contribution in [2.24, 2.45) is 41.5 Å². The van der Waals surface area contributed by atoms with E-state index in [1.807, 2.05) is 54.6 Å². The van der Waals surface area contributed by atoms with Crippen LogP contribution < -0.4 is 31.9 Å². The van der Waals surface area contributed by atoms with Gasteiger partial charge in [-0.05, 0) is 144 Å². The fraction of sp³-hybridized carbons (Fsp3) is 0.576. The number of piperidine rings is 2. The minimum atomic E-state index is -1.30. The van der Waals surface area contributed by atoms with Crippen molar-refractivity contribution < 1.29 is 47.9 Å². The molecule has 8 amide bonds. The number of amides is 8. The predicted octanol–water partition coefficient (Wildman–Crippen LogP) is 2.50. The number of rotatable bonds is 18. The molecule has 4 aromatic rings. The third-order valence-corrected chi connectivity index (χ3v) is 19.5. The molecule has 420 valence electrons. The number of nitrogens with one attached hydrogen (secondary N) is 6. The Morgan fingerprint density at radius 3 is 1.85 bits per heavy atom. The quantitative estimate of drug-likeness (QED) is 0.0789. The molecule has 9 aliphatic rings. The Bertz CT molecular complexity index is 3300. The molecule has 6 N–H and O–H groups in total. The van der Waals surface area contributed by atoms with E-state index < -0.39 is 71.2 Å². The van der Waals surface area contributed by atoms with Crippen LogP contribution in [0.1, 0.15) is 130 Å². The zero-order valence-electron chi connectivity index (χ0n) is 45.0. The molecule has 2 aromatic carbocycles. The normalized spacial score (nSPS) is 28.9. The highest BCUT2D eigenvalue weighted by atomic mass is 16.2. The van der Waals surface area contributed by atoms with Crippen LogP contribution in [0.25, 0.3) is 21.8 Å². The summed E-state index contributed by atoms with van der Waals surface area (Å²) < 4.78 is 3.65. The van der Waals surface area contributed by atoms with Crippen molar-refractivity contribution in [1.29, 1.82) is 0 Å². The van der Waals surface area contributed by atoms with Crippen molar-refractivity contribution in [3.8, 4) is 0 Å². The van der Waals surface area contributed by atoms with Crippen LogP contribution in [-0.2, 0) is 45.4 Å². The zero-order valence-corrected chi connectivity index (χ0v) is 45.0. The second kappa shape index (κ2) is 20.0. The van der Waals surface area contributed by atoms with Crippen LogP contribution in [0.15, 0.2) is 54.6 Å². The number of nitrogens with zero attached hydrogens (tertiary/aromatic N) is 5. The Hall–Kier alpha value is -7.45. The molecule has 21 heteroatoms. The Kier molecular flexibility index (Phi) is 13.0. The van der Waals surface area contributed by atoms with Gasteiger partial charge in [-0.1, -0.05) is 36.4 Å². The van der Waals surface area contributed by atoms with E-state index in [0.29, 0.717) is 67.6 Å². The lowest BCUT2D eigenvalue weighted by Crippen LogP contribution is -2.58. The maximum absolute atomic E-state index is 15.4. The van der Waals surface area contributed by atoms with Crippen LogP contribution in [0, 0.1) is 34.5 Å². The van der Waals surface area contributed by atoms with Gasteiger partial charge in [0.15, 0.2) is 0 Å². The van der Waals surface area contributed by atoms with Gasteiger partial charge in [-0.15, -0.1) is 0 Å². The van der Waals surface area contributed by atoms with Gasteiger partial charge >= 0.3 is 0 Å². The molecule has 2 spiro atoms. The van der Waals surface area contributed by atoms with Gasteiger partial charge in [-0.25, -0.2) is 0 Å². The molecule has 4 saturated heterocycles. The van der Waals surface area contributed by atoms with Gasteiger partial charge in [0, 0.05) is 79.5 Å². The number of likely N-dealkylation sites (tertiary alicyclic amines) is 2. The molecule has 6 heterocycles. The number of carbonyl (C=O) groups is 10. The summed E-state index contributed by atoms with van der Waals surface area (Å²) in [7, 11) is 1.70. The Morgan fingerprint density at radius 2 is 1.25 bits per heavy atom. The van der Waals surface area contributed by atoms with Crippen molar-refractivity contribution in [2.75, 3.05) is 26.2 Å². The molecule has 0 bridgehead atoms. The molecule has 9 fully saturated rings. The summed E-state index contributed by atoms with van der Waals surface area (Å²) in [5.41, 5.74) is 1.79. The number of ketones is 2. The molecule has 5 aliphatic carbocycles. The maximum atomic E-state index is 15.4. The summed E-state index contributed by atoms with van der Waals surface area (Å²) in [4.78, 5) is 143. The summed E-state index contributed by atoms with van der Waals surface area (Å²) in [5, 5.41) is 23.0. The van der Waals surface area contributed by atoms with Gasteiger partial charge in [-0.2, -0.15) is 5.10 Å². The highest BCUT2D eigenvalue weighted by Crippen LogP contribution is 2.71. The number of carbonyl (C=O) groups excluding carboxylic acids is 10. The molecule has 10 atom stereocenters. The summed E-state index contributed by atoms with van der Waals surface area (Å²) in [5.74, 6) is -6.42. The Morgan fingerprint density at radius 1 is 0.675 bits per heavy atom. The van der Waals surface area contributed by atoms with Crippen LogP contribution in [0.3, 0.4) is 0 Å². The Balaban J connectivity index is 0.767. The van der Waals surface area contributed by atoms with E-state index >= 15 is 9.59 Å². The minimum absolute atomic E-state index is 0.0264. The van der Waals surface area contributed by atoms with Crippen molar-refractivity contribution in [3.05, 3.63) is 66.0 Å². The molecule has 80 heavy (non-hydrogen) atoms. The zero-order chi connectivity index (χ0) is 55.4. The predicted molar refractivity (Wildman–Crippen MR) is 288 cm³/mol. The largest absolute Gasteiger partial charge is 0.356 e. The number of para-hydroxylation sites is 1. The van der Waals surface area contributed by atoms with E-state index in [9.17, 15) is 38.4 Å². The topological polar surface area (TPSA) is 272 Å². The average Bonchev–Trinajstić information content (AvgIpc) is 4.26. The van der Waals surface area contributed by atoms with Gasteiger partial charge in [0.25, 0.3) is 23.6 Å². The number of benzene rings is 2. The van der Waals surface area contributed by atoms with E-state index in [4.69, 9.17) is 0 Å². The lowest BCUT2D eigenvalue weighted by atomic mass is 9.83. The number of fused-ring (bicyclic) bond motifs is 2. The molecule has 13 rings (SSSR count). The lowest BCUT2D eigenvalue weighted by Gasteiger charge is -2.40. The Labute approximate surface area is 461 Å². The summed E-state index contributed by atoms with van der Waals surface area (Å²) >= 11 is 0. The molecule has 0 radical (unpaired) electrons. The molecule has 10 unspecified atom stereocenters. The van der Waals surface area contributed by atoms with Crippen molar-refractivity contribution in [2.45, 2.75) is 145 Å². The van der Waals surface area contributed by atoms with Gasteiger partial charge in [0.2, 0.25) is 35.2 Å². The van der Waals surface area contributed by atoms with Crippen LogP contribution in [0.4, 0.5) is 0 Å².